The largest absolute Gasteiger partial charge is 0.492 e. The molecule has 2 aromatic rings. The molecule has 11 heteroatoms. The SMILES string of the molecule is Cc1nc(NC2CC(COc3ccc(C(F)(F)F)nc3)C2)nc2c1NC(=O)[C@H](C)N2C. The van der Waals surface area contributed by atoms with Gasteiger partial charge >= 0.3 is 6.18 Å². The Labute approximate surface area is 177 Å². The highest BCUT2D eigenvalue weighted by Crippen LogP contribution is 2.35. The van der Waals surface area contributed by atoms with E-state index in [0.29, 0.717) is 35.5 Å². The smallest absolute Gasteiger partial charge is 0.433 e. The summed E-state index contributed by atoms with van der Waals surface area (Å²) in [5.41, 5.74) is 0.377. The summed E-state index contributed by atoms with van der Waals surface area (Å²) in [6.07, 6.45) is -1.70. The summed E-state index contributed by atoms with van der Waals surface area (Å²) in [6, 6.07) is 2.05. The van der Waals surface area contributed by atoms with Gasteiger partial charge in [-0.2, -0.15) is 18.2 Å². The molecule has 4 rings (SSSR count). The summed E-state index contributed by atoms with van der Waals surface area (Å²) < 4.78 is 43.2. The number of hydrogen-bond donors (Lipinski definition) is 2. The van der Waals surface area contributed by atoms with Gasteiger partial charge in [0.2, 0.25) is 11.9 Å². The quantitative estimate of drug-likeness (QED) is 0.743. The first-order valence-electron chi connectivity index (χ1n) is 9.96. The van der Waals surface area contributed by atoms with Gasteiger partial charge in [0.25, 0.3) is 0 Å². The number of halogens is 3. The van der Waals surface area contributed by atoms with Crippen molar-refractivity contribution in [3.63, 3.8) is 0 Å². The van der Waals surface area contributed by atoms with Crippen LogP contribution >= 0.6 is 0 Å². The first-order valence-corrected chi connectivity index (χ1v) is 9.96. The molecule has 8 nitrogen and oxygen atoms in total. The van der Waals surface area contributed by atoms with Crippen LogP contribution in [0.4, 0.5) is 30.6 Å². The van der Waals surface area contributed by atoms with Gasteiger partial charge in [0.1, 0.15) is 23.2 Å². The Morgan fingerprint density at radius 1 is 1.29 bits per heavy atom. The lowest BCUT2D eigenvalue weighted by atomic mass is 9.81. The minimum Gasteiger partial charge on any atom is -0.492 e. The second kappa shape index (κ2) is 7.86. The Morgan fingerprint density at radius 2 is 2.03 bits per heavy atom. The number of ether oxygens (including phenoxy) is 1. The predicted molar refractivity (Wildman–Crippen MR) is 108 cm³/mol. The van der Waals surface area contributed by atoms with E-state index < -0.39 is 11.9 Å². The summed E-state index contributed by atoms with van der Waals surface area (Å²) in [6.45, 7) is 4.04. The number of likely N-dealkylation sites (N-methyl/N-ethyl adjacent to an activating group) is 1. The number of aryl methyl sites for hydroxylation is 1. The molecular weight excluding hydrogens is 413 g/mol. The number of amides is 1. The third-order valence-corrected chi connectivity index (χ3v) is 5.69. The van der Waals surface area contributed by atoms with E-state index in [2.05, 4.69) is 25.6 Å². The van der Waals surface area contributed by atoms with Crippen LogP contribution in [0.3, 0.4) is 0 Å². The summed E-state index contributed by atoms with van der Waals surface area (Å²) in [5.74, 6) is 1.68. The maximum Gasteiger partial charge on any atom is 0.433 e. The van der Waals surface area contributed by atoms with E-state index in [1.807, 2.05) is 25.8 Å². The van der Waals surface area contributed by atoms with Gasteiger partial charge in [-0.15, -0.1) is 0 Å². The molecule has 3 heterocycles. The van der Waals surface area contributed by atoms with Crippen molar-refractivity contribution in [2.45, 2.75) is 44.9 Å². The Morgan fingerprint density at radius 3 is 2.68 bits per heavy atom. The number of aromatic nitrogens is 3. The lowest BCUT2D eigenvalue weighted by Crippen LogP contribution is -2.45. The van der Waals surface area contributed by atoms with Gasteiger partial charge in [0.15, 0.2) is 5.82 Å². The van der Waals surface area contributed by atoms with Crippen molar-refractivity contribution in [2.75, 3.05) is 29.2 Å². The van der Waals surface area contributed by atoms with Gasteiger partial charge in [-0.25, -0.2) is 9.97 Å². The fourth-order valence-corrected chi connectivity index (χ4v) is 3.63. The molecule has 0 saturated heterocycles. The molecule has 2 aromatic heterocycles. The van der Waals surface area contributed by atoms with Crippen molar-refractivity contribution in [1.29, 1.82) is 0 Å². The lowest BCUT2D eigenvalue weighted by Gasteiger charge is -2.36. The standard InChI is InChI=1S/C20H23F3N6O2/c1-10-16-17(29(3)11(2)18(30)27-16)28-19(25-10)26-13-6-12(7-13)9-31-14-4-5-15(24-8-14)20(21,22)23/h4-5,8,11-13H,6-7,9H2,1-3H3,(H,27,30)(H,25,26,28)/t11-,12?,13?/m0/s1. The summed E-state index contributed by atoms with van der Waals surface area (Å²) in [5, 5.41) is 6.16. The van der Waals surface area contributed by atoms with Crippen LogP contribution in [-0.2, 0) is 11.0 Å². The first-order chi connectivity index (χ1) is 14.6. The van der Waals surface area contributed by atoms with E-state index in [1.54, 1.807) is 0 Å². The van der Waals surface area contributed by atoms with E-state index in [0.717, 1.165) is 25.1 Å². The van der Waals surface area contributed by atoms with E-state index in [9.17, 15) is 18.0 Å². The molecule has 0 aromatic carbocycles. The normalized spacial score (nSPS) is 23.0. The van der Waals surface area contributed by atoms with Crippen molar-refractivity contribution >= 4 is 23.4 Å². The van der Waals surface area contributed by atoms with E-state index >= 15 is 0 Å². The Hall–Kier alpha value is -3.11. The number of nitrogens with one attached hydrogen (secondary N) is 2. The monoisotopic (exact) mass is 436 g/mol. The van der Waals surface area contributed by atoms with Gasteiger partial charge in [-0.05, 0) is 44.7 Å². The fraction of sp³-hybridized carbons (Fsp3) is 0.500. The van der Waals surface area contributed by atoms with Gasteiger partial charge in [-0.3, -0.25) is 4.79 Å². The highest BCUT2D eigenvalue weighted by molar-refractivity contribution is 6.03. The Kier molecular flexibility index (Phi) is 5.36. The van der Waals surface area contributed by atoms with Crippen LogP contribution in [0.1, 0.15) is 31.2 Å². The second-order valence-corrected chi connectivity index (χ2v) is 7.97. The van der Waals surface area contributed by atoms with Gasteiger partial charge in [-0.1, -0.05) is 0 Å². The number of hydrogen-bond acceptors (Lipinski definition) is 7. The van der Waals surface area contributed by atoms with Crippen LogP contribution < -0.4 is 20.3 Å². The lowest BCUT2D eigenvalue weighted by molar-refractivity contribution is -0.141. The second-order valence-electron chi connectivity index (χ2n) is 7.97. The number of rotatable bonds is 5. The minimum atomic E-state index is -4.46. The van der Waals surface area contributed by atoms with E-state index in [-0.39, 0.29) is 23.9 Å². The molecular formula is C20H23F3N6O2. The number of fused-ring (bicyclic) bond motifs is 1. The molecule has 2 aliphatic rings. The van der Waals surface area contributed by atoms with Gasteiger partial charge in [0.05, 0.1) is 18.5 Å². The van der Waals surface area contributed by atoms with E-state index in [4.69, 9.17) is 4.74 Å². The van der Waals surface area contributed by atoms with Crippen molar-refractivity contribution in [1.82, 2.24) is 15.0 Å². The topological polar surface area (TPSA) is 92.3 Å². The zero-order valence-electron chi connectivity index (χ0n) is 17.3. The minimum absolute atomic E-state index is 0.0903. The van der Waals surface area contributed by atoms with Crippen molar-refractivity contribution in [2.24, 2.45) is 5.92 Å². The molecule has 1 atom stereocenters. The number of nitrogens with zero attached hydrogens (tertiary/aromatic N) is 4. The zero-order valence-corrected chi connectivity index (χ0v) is 17.3. The number of anilines is 3. The van der Waals surface area contributed by atoms with Gasteiger partial charge < -0.3 is 20.3 Å². The Bertz CT molecular complexity index is 976. The third-order valence-electron chi connectivity index (χ3n) is 5.69. The molecule has 1 amide bonds. The highest BCUT2D eigenvalue weighted by Gasteiger charge is 2.34. The van der Waals surface area contributed by atoms with Crippen LogP contribution in [0, 0.1) is 12.8 Å². The highest BCUT2D eigenvalue weighted by atomic mass is 19.4. The number of carbonyl (C=O) groups excluding carboxylic acids is 1. The third kappa shape index (κ3) is 4.35. The maximum atomic E-state index is 12.6. The summed E-state index contributed by atoms with van der Waals surface area (Å²) >= 11 is 0. The van der Waals surface area contributed by atoms with Crippen LogP contribution in [0.15, 0.2) is 18.3 Å². The maximum absolute atomic E-state index is 12.6. The fourth-order valence-electron chi connectivity index (χ4n) is 3.63. The summed E-state index contributed by atoms with van der Waals surface area (Å²) in [4.78, 5) is 26.2. The average Bonchev–Trinajstić information content (AvgIpc) is 2.68. The van der Waals surface area contributed by atoms with Crippen LogP contribution in [0.25, 0.3) is 0 Å². The number of alkyl halides is 3. The van der Waals surface area contributed by atoms with Crippen LogP contribution in [-0.4, -0.2) is 46.6 Å². The van der Waals surface area contributed by atoms with Crippen LogP contribution in [0.5, 0.6) is 5.75 Å². The molecule has 0 radical (unpaired) electrons. The molecule has 1 saturated carbocycles. The molecule has 1 aliphatic carbocycles. The zero-order chi connectivity index (χ0) is 22.3. The van der Waals surface area contributed by atoms with Crippen molar-refractivity contribution < 1.29 is 22.7 Å². The van der Waals surface area contributed by atoms with Crippen molar-refractivity contribution in [3.8, 4) is 5.75 Å². The molecule has 0 spiro atoms. The first kappa shape index (κ1) is 21.1. The molecule has 0 unspecified atom stereocenters. The molecule has 1 aliphatic heterocycles. The number of pyridine rings is 1. The molecule has 31 heavy (non-hydrogen) atoms. The molecule has 2 N–H and O–H groups in total. The van der Waals surface area contributed by atoms with Crippen LogP contribution in [0.2, 0.25) is 0 Å². The number of carbonyl (C=O) groups is 1. The van der Waals surface area contributed by atoms with E-state index in [1.165, 1.54) is 6.07 Å². The summed E-state index contributed by atoms with van der Waals surface area (Å²) in [7, 11) is 1.82. The molecule has 0 bridgehead atoms. The van der Waals surface area contributed by atoms with Crippen molar-refractivity contribution in [3.05, 3.63) is 29.7 Å². The predicted octanol–water partition coefficient (Wildman–Crippen LogP) is 3.25. The Balaban J connectivity index is 1.30. The average molecular weight is 436 g/mol. The molecule has 166 valence electrons. The molecule has 1 fully saturated rings. The van der Waals surface area contributed by atoms with Gasteiger partial charge in [0, 0.05) is 13.1 Å².